The van der Waals surface area contributed by atoms with Gasteiger partial charge in [0, 0.05) is 8.07 Å². The van der Waals surface area contributed by atoms with Crippen molar-refractivity contribution in [1.29, 1.82) is 0 Å². The summed E-state index contributed by atoms with van der Waals surface area (Å²) < 4.78 is 0. The highest BCUT2D eigenvalue weighted by Gasteiger charge is 2.09. The van der Waals surface area contributed by atoms with Crippen LogP contribution in [-0.4, -0.2) is 14.6 Å². The lowest BCUT2D eigenvalue weighted by molar-refractivity contribution is 1.09. The Morgan fingerprint density at radius 2 is 1.62 bits per heavy atom. The Bertz CT molecular complexity index is 50.9. The van der Waals surface area contributed by atoms with Crippen LogP contribution in [0.1, 0.15) is 0 Å². The van der Waals surface area contributed by atoms with Crippen molar-refractivity contribution in [3.8, 4) is 0 Å². The molecule has 0 rings (SSSR count). The van der Waals surface area contributed by atoms with Gasteiger partial charge in [0.25, 0.3) is 0 Å². The Morgan fingerprint density at radius 1 is 1.25 bits per heavy atom. The number of halogens is 1. The van der Waals surface area contributed by atoms with E-state index in [1.165, 1.54) is 6.04 Å². The molecule has 8 heavy (non-hydrogen) atoms. The summed E-state index contributed by atoms with van der Waals surface area (Å²) in [4.78, 5) is 0. The van der Waals surface area contributed by atoms with Gasteiger partial charge in [0.05, 0.1) is 0 Å². The summed E-state index contributed by atoms with van der Waals surface area (Å²) in [6.45, 7) is 7.87. The Morgan fingerprint density at radius 3 is 1.62 bits per heavy atom. The molecule has 2 N–H and O–H groups in total. The number of nitrogens with two attached hydrogens (primary N) is 1. The second kappa shape index (κ2) is 4.36. The maximum Gasteiger partial charge on any atom is 0.0455 e. The minimum absolute atomic E-state index is 0. The van der Waals surface area contributed by atoms with E-state index < -0.39 is 8.07 Å². The van der Waals surface area contributed by atoms with Crippen LogP contribution in [0.4, 0.5) is 0 Å². The second-order valence-electron chi connectivity index (χ2n) is 3.10. The zero-order chi connectivity index (χ0) is 5.91. The quantitative estimate of drug-likeness (QED) is 0.601. The minimum atomic E-state index is -0.782. The molecule has 1 nitrogen and oxygen atoms in total. The van der Waals surface area contributed by atoms with Crippen LogP contribution in [0.25, 0.3) is 0 Å². The SMILES string of the molecule is C[Si](C)(C)CCN.Cl. The van der Waals surface area contributed by atoms with Crippen LogP contribution < -0.4 is 5.73 Å². The molecular formula is C5H16ClNSi. The number of rotatable bonds is 2. The molecule has 0 atom stereocenters. The van der Waals surface area contributed by atoms with Crippen LogP contribution in [-0.2, 0) is 0 Å². The number of hydrogen-bond acceptors (Lipinski definition) is 1. The normalized spacial score (nSPS) is 10.5. The first-order valence-electron chi connectivity index (χ1n) is 2.76. The molecule has 0 spiro atoms. The lowest BCUT2D eigenvalue weighted by Gasteiger charge is -2.12. The van der Waals surface area contributed by atoms with E-state index in [4.69, 9.17) is 5.73 Å². The van der Waals surface area contributed by atoms with Crippen molar-refractivity contribution >= 4 is 20.5 Å². The number of hydrogen-bond donors (Lipinski definition) is 1. The van der Waals surface area contributed by atoms with Crippen LogP contribution in [0.15, 0.2) is 0 Å². The fourth-order valence-electron chi connectivity index (χ4n) is 0.433. The first kappa shape index (κ1) is 11.3. The molecule has 0 fully saturated rings. The molecule has 0 aliphatic heterocycles. The van der Waals surface area contributed by atoms with Crippen molar-refractivity contribution in [2.45, 2.75) is 25.7 Å². The van der Waals surface area contributed by atoms with Crippen LogP contribution in [0, 0.1) is 0 Å². The topological polar surface area (TPSA) is 26.0 Å². The van der Waals surface area contributed by atoms with Gasteiger partial charge in [-0.05, 0) is 12.6 Å². The summed E-state index contributed by atoms with van der Waals surface area (Å²) in [6.07, 6.45) is 0. The maximum atomic E-state index is 5.35. The molecule has 0 unspecified atom stereocenters. The molecule has 0 saturated carbocycles. The van der Waals surface area contributed by atoms with Gasteiger partial charge in [0.1, 0.15) is 0 Å². The fraction of sp³-hybridized carbons (Fsp3) is 1.00. The molecule has 0 amide bonds. The van der Waals surface area contributed by atoms with Gasteiger partial charge in [-0.15, -0.1) is 12.4 Å². The first-order valence-corrected chi connectivity index (χ1v) is 6.47. The lowest BCUT2D eigenvalue weighted by atomic mass is 10.8. The zero-order valence-electron chi connectivity index (χ0n) is 5.90. The molecule has 0 bridgehead atoms. The average molecular weight is 154 g/mol. The lowest BCUT2D eigenvalue weighted by Crippen LogP contribution is -2.23. The molecule has 0 aromatic heterocycles. The Balaban J connectivity index is 0. The average Bonchev–Trinajstić information content (AvgIpc) is 1.30. The van der Waals surface area contributed by atoms with E-state index in [1.54, 1.807) is 0 Å². The van der Waals surface area contributed by atoms with E-state index in [0.717, 1.165) is 6.54 Å². The van der Waals surface area contributed by atoms with Crippen molar-refractivity contribution in [1.82, 2.24) is 0 Å². The molecule has 0 saturated heterocycles. The van der Waals surface area contributed by atoms with Crippen LogP contribution >= 0.6 is 12.4 Å². The highest BCUT2D eigenvalue weighted by atomic mass is 35.5. The molecule has 0 aromatic rings. The summed E-state index contributed by atoms with van der Waals surface area (Å²) in [5.41, 5.74) is 5.35. The molecule has 52 valence electrons. The molecule has 0 aliphatic rings. The summed E-state index contributed by atoms with van der Waals surface area (Å²) in [5.74, 6) is 0. The van der Waals surface area contributed by atoms with Crippen molar-refractivity contribution < 1.29 is 0 Å². The predicted molar refractivity (Wildman–Crippen MR) is 44.5 cm³/mol. The predicted octanol–water partition coefficient (Wildman–Crippen LogP) is 1.71. The fourth-order valence-corrected chi connectivity index (χ4v) is 1.30. The standard InChI is InChI=1S/C5H15NSi.ClH/c1-7(2,3)5-4-6;/h4-6H2,1-3H3;1H. The summed E-state index contributed by atoms with van der Waals surface area (Å²) in [7, 11) is -0.782. The molecule has 3 heteroatoms. The monoisotopic (exact) mass is 153 g/mol. The van der Waals surface area contributed by atoms with Gasteiger partial charge in [-0.2, -0.15) is 0 Å². The third-order valence-electron chi connectivity index (χ3n) is 0.894. The molecule has 0 radical (unpaired) electrons. The van der Waals surface area contributed by atoms with E-state index >= 15 is 0 Å². The molecular weight excluding hydrogens is 138 g/mol. The third-order valence-corrected chi connectivity index (χ3v) is 2.68. The van der Waals surface area contributed by atoms with Gasteiger partial charge in [-0.1, -0.05) is 19.6 Å². The van der Waals surface area contributed by atoms with E-state index in [9.17, 15) is 0 Å². The van der Waals surface area contributed by atoms with Gasteiger partial charge in [-0.3, -0.25) is 0 Å². The largest absolute Gasteiger partial charge is 0.331 e. The van der Waals surface area contributed by atoms with E-state index in [0.29, 0.717) is 0 Å². The maximum absolute atomic E-state index is 5.35. The van der Waals surface area contributed by atoms with Crippen molar-refractivity contribution in [3.63, 3.8) is 0 Å². The Kier molecular flexibility index (Phi) is 6.15. The molecule has 0 heterocycles. The van der Waals surface area contributed by atoms with E-state index in [1.807, 2.05) is 0 Å². The van der Waals surface area contributed by atoms with Crippen LogP contribution in [0.3, 0.4) is 0 Å². The van der Waals surface area contributed by atoms with Gasteiger partial charge in [0.15, 0.2) is 0 Å². The summed E-state index contributed by atoms with van der Waals surface area (Å²) in [5, 5.41) is 0. The van der Waals surface area contributed by atoms with Crippen molar-refractivity contribution in [2.75, 3.05) is 6.54 Å². The van der Waals surface area contributed by atoms with Crippen LogP contribution in [0.2, 0.25) is 25.7 Å². The van der Waals surface area contributed by atoms with Crippen molar-refractivity contribution in [3.05, 3.63) is 0 Å². The summed E-state index contributed by atoms with van der Waals surface area (Å²) in [6, 6.07) is 1.26. The van der Waals surface area contributed by atoms with Crippen molar-refractivity contribution in [2.24, 2.45) is 5.73 Å². The first-order chi connectivity index (χ1) is 3.06. The van der Waals surface area contributed by atoms with Gasteiger partial charge in [-0.25, -0.2) is 0 Å². The third kappa shape index (κ3) is 9.69. The van der Waals surface area contributed by atoms with Gasteiger partial charge >= 0.3 is 0 Å². The highest BCUT2D eigenvalue weighted by molar-refractivity contribution is 6.76. The van der Waals surface area contributed by atoms with Crippen LogP contribution in [0.5, 0.6) is 0 Å². The second-order valence-corrected chi connectivity index (χ2v) is 8.72. The van der Waals surface area contributed by atoms with Gasteiger partial charge < -0.3 is 5.73 Å². The minimum Gasteiger partial charge on any atom is -0.331 e. The van der Waals surface area contributed by atoms with Gasteiger partial charge in [0.2, 0.25) is 0 Å². The molecule has 0 aromatic carbocycles. The Hall–Kier alpha value is 0.467. The highest BCUT2D eigenvalue weighted by Crippen LogP contribution is 2.04. The molecule has 0 aliphatic carbocycles. The van der Waals surface area contributed by atoms with E-state index in [2.05, 4.69) is 19.6 Å². The van der Waals surface area contributed by atoms with E-state index in [-0.39, 0.29) is 12.4 Å². The zero-order valence-corrected chi connectivity index (χ0v) is 7.72. The summed E-state index contributed by atoms with van der Waals surface area (Å²) >= 11 is 0. The smallest absolute Gasteiger partial charge is 0.0455 e. The Labute approximate surface area is 59.1 Å².